The van der Waals surface area contributed by atoms with Crippen LogP contribution in [0, 0.1) is 0 Å². The number of methoxy groups -OCH3 is 2. The third kappa shape index (κ3) is 6.73. The van der Waals surface area contributed by atoms with E-state index in [9.17, 15) is 4.79 Å². The summed E-state index contributed by atoms with van der Waals surface area (Å²) in [4.78, 5) is 15.7. The first-order chi connectivity index (χ1) is 15.1. The lowest BCUT2D eigenvalue weighted by molar-refractivity contribution is -0.117. The number of likely N-dealkylation sites (N-methyl/N-ethyl adjacent to an activating group) is 1. The molecule has 0 bridgehead atoms. The molecule has 7 heteroatoms. The fraction of sp³-hybridized carbons (Fsp3) is 0.292. The molecule has 1 amide bonds. The van der Waals surface area contributed by atoms with Crippen molar-refractivity contribution in [2.75, 3.05) is 32.6 Å². The minimum absolute atomic E-state index is 0.0713. The van der Waals surface area contributed by atoms with Gasteiger partial charge in [-0.05, 0) is 47.8 Å². The smallest absolute Gasteiger partial charge is 0.238 e. The second-order valence-corrected chi connectivity index (χ2v) is 7.97. The van der Waals surface area contributed by atoms with Gasteiger partial charge in [0.05, 0.1) is 20.8 Å². The number of benzene rings is 2. The van der Waals surface area contributed by atoms with Crippen molar-refractivity contribution in [1.82, 2.24) is 4.90 Å². The quantitative estimate of drug-likeness (QED) is 0.464. The molecule has 164 valence electrons. The highest BCUT2D eigenvalue weighted by Gasteiger charge is 2.13. The van der Waals surface area contributed by atoms with E-state index in [1.807, 2.05) is 60.8 Å². The Morgan fingerprint density at radius 1 is 1.03 bits per heavy atom. The average molecular weight is 441 g/mol. The monoisotopic (exact) mass is 440 g/mol. The van der Waals surface area contributed by atoms with E-state index in [-0.39, 0.29) is 12.5 Å². The van der Waals surface area contributed by atoms with Crippen molar-refractivity contribution in [2.24, 2.45) is 0 Å². The van der Waals surface area contributed by atoms with Crippen molar-refractivity contribution in [3.05, 3.63) is 70.4 Å². The molecule has 0 saturated carbocycles. The zero-order chi connectivity index (χ0) is 22.1. The second kappa shape index (κ2) is 11.4. The molecule has 31 heavy (non-hydrogen) atoms. The summed E-state index contributed by atoms with van der Waals surface area (Å²) in [7, 11) is 3.24. The molecule has 0 aliphatic heterocycles. The Hall–Kier alpha value is -3.03. The van der Waals surface area contributed by atoms with Gasteiger partial charge in [-0.15, -0.1) is 11.3 Å². The molecule has 0 aliphatic carbocycles. The van der Waals surface area contributed by atoms with Crippen LogP contribution in [0.5, 0.6) is 17.2 Å². The maximum absolute atomic E-state index is 12.5. The van der Waals surface area contributed by atoms with Crippen molar-refractivity contribution < 1.29 is 19.0 Å². The van der Waals surface area contributed by atoms with Gasteiger partial charge in [-0.25, -0.2) is 0 Å². The third-order valence-corrected chi connectivity index (χ3v) is 5.60. The van der Waals surface area contributed by atoms with Crippen molar-refractivity contribution in [2.45, 2.75) is 20.1 Å². The number of nitrogens with zero attached hydrogens (tertiary/aromatic N) is 1. The normalized spacial score (nSPS) is 10.7. The van der Waals surface area contributed by atoms with E-state index in [0.717, 1.165) is 17.0 Å². The molecule has 0 radical (unpaired) electrons. The van der Waals surface area contributed by atoms with E-state index in [4.69, 9.17) is 14.2 Å². The lowest BCUT2D eigenvalue weighted by atomic mass is 10.2. The van der Waals surface area contributed by atoms with Gasteiger partial charge in [-0.1, -0.05) is 25.1 Å². The number of thiophene rings is 1. The zero-order valence-electron chi connectivity index (χ0n) is 18.1. The molecule has 3 rings (SSSR count). The first-order valence-electron chi connectivity index (χ1n) is 10.1. The summed E-state index contributed by atoms with van der Waals surface area (Å²) in [5.41, 5.74) is 1.77. The van der Waals surface area contributed by atoms with E-state index in [1.54, 1.807) is 31.6 Å². The van der Waals surface area contributed by atoms with E-state index in [1.165, 1.54) is 0 Å². The zero-order valence-corrected chi connectivity index (χ0v) is 18.9. The molecule has 0 unspecified atom stereocenters. The van der Waals surface area contributed by atoms with Crippen LogP contribution in [-0.4, -0.2) is 38.1 Å². The maximum Gasteiger partial charge on any atom is 0.238 e. The molecule has 6 nitrogen and oxygen atoms in total. The number of ether oxygens (including phenoxy) is 3. The predicted molar refractivity (Wildman–Crippen MR) is 124 cm³/mol. The molecule has 0 spiro atoms. The second-order valence-electron chi connectivity index (χ2n) is 6.94. The number of hydrogen-bond acceptors (Lipinski definition) is 6. The van der Waals surface area contributed by atoms with Gasteiger partial charge in [0.1, 0.15) is 12.4 Å². The summed E-state index contributed by atoms with van der Waals surface area (Å²) < 4.78 is 16.6. The van der Waals surface area contributed by atoms with Gasteiger partial charge in [-0.3, -0.25) is 9.69 Å². The van der Waals surface area contributed by atoms with Crippen LogP contribution in [0.25, 0.3) is 0 Å². The van der Waals surface area contributed by atoms with Crippen molar-refractivity contribution >= 4 is 22.9 Å². The standard InChI is InChI=1S/C24H28N2O4S/c1-4-26(16-24(27)25-19-7-5-8-20(14-19)28-2)15-18-10-11-22(23(13-18)29-3)30-17-21-9-6-12-31-21/h5-14H,4,15-17H2,1-3H3,(H,25,27). The SMILES string of the molecule is CCN(CC(=O)Nc1cccc(OC)c1)Cc1ccc(OCc2cccs2)c(OC)c1. The largest absolute Gasteiger partial charge is 0.497 e. The van der Waals surface area contributed by atoms with Crippen LogP contribution >= 0.6 is 11.3 Å². The summed E-state index contributed by atoms with van der Waals surface area (Å²) in [5.74, 6) is 2.03. The van der Waals surface area contributed by atoms with Crippen LogP contribution < -0.4 is 19.5 Å². The Bertz CT molecular complexity index is 975. The first-order valence-corrected chi connectivity index (χ1v) is 11.0. The molecule has 0 fully saturated rings. The summed E-state index contributed by atoms with van der Waals surface area (Å²) in [6.07, 6.45) is 0. The number of hydrogen-bond donors (Lipinski definition) is 1. The Labute approximate surface area is 187 Å². The molecule has 3 aromatic rings. The number of amides is 1. The van der Waals surface area contributed by atoms with Crippen molar-refractivity contribution in [3.8, 4) is 17.2 Å². The minimum Gasteiger partial charge on any atom is -0.497 e. The number of anilines is 1. The number of rotatable bonds is 11. The molecule has 2 aromatic carbocycles. The van der Waals surface area contributed by atoms with Crippen LogP contribution in [0.4, 0.5) is 5.69 Å². The molecule has 0 atom stereocenters. The van der Waals surface area contributed by atoms with Gasteiger partial charge < -0.3 is 19.5 Å². The number of nitrogens with one attached hydrogen (secondary N) is 1. The van der Waals surface area contributed by atoms with Gasteiger partial charge >= 0.3 is 0 Å². The fourth-order valence-electron chi connectivity index (χ4n) is 3.12. The van der Waals surface area contributed by atoms with Crippen molar-refractivity contribution in [3.63, 3.8) is 0 Å². The van der Waals surface area contributed by atoms with E-state index in [2.05, 4.69) is 10.2 Å². The van der Waals surface area contributed by atoms with Gasteiger partial charge in [0.25, 0.3) is 0 Å². The summed E-state index contributed by atoms with van der Waals surface area (Å²) in [5, 5.41) is 4.96. The molecule has 0 saturated heterocycles. The average Bonchev–Trinajstić information content (AvgIpc) is 3.31. The van der Waals surface area contributed by atoms with E-state index < -0.39 is 0 Å². The molecule has 1 heterocycles. The van der Waals surface area contributed by atoms with Crippen LogP contribution in [0.1, 0.15) is 17.4 Å². The molecular weight excluding hydrogens is 412 g/mol. The Morgan fingerprint density at radius 3 is 2.61 bits per heavy atom. The van der Waals surface area contributed by atoms with Crippen LogP contribution in [0.3, 0.4) is 0 Å². The molecule has 1 N–H and O–H groups in total. The summed E-state index contributed by atoms with van der Waals surface area (Å²) in [6.45, 7) is 4.20. The van der Waals surface area contributed by atoms with Gasteiger partial charge in [0.2, 0.25) is 5.91 Å². The lowest BCUT2D eigenvalue weighted by Gasteiger charge is -2.21. The highest BCUT2D eigenvalue weighted by molar-refractivity contribution is 7.09. The number of carbonyl (C=O) groups excluding carboxylic acids is 1. The minimum atomic E-state index is -0.0713. The van der Waals surface area contributed by atoms with Crippen LogP contribution in [0.15, 0.2) is 60.0 Å². The summed E-state index contributed by atoms with van der Waals surface area (Å²) >= 11 is 1.66. The van der Waals surface area contributed by atoms with Crippen LogP contribution in [-0.2, 0) is 17.9 Å². The highest BCUT2D eigenvalue weighted by atomic mass is 32.1. The van der Waals surface area contributed by atoms with E-state index >= 15 is 0 Å². The topological polar surface area (TPSA) is 60.0 Å². The molecule has 1 aromatic heterocycles. The summed E-state index contributed by atoms with van der Waals surface area (Å²) in [6, 6.07) is 17.3. The third-order valence-electron chi connectivity index (χ3n) is 4.75. The molecular formula is C24H28N2O4S. The number of carbonyl (C=O) groups is 1. The maximum atomic E-state index is 12.5. The highest BCUT2D eigenvalue weighted by Crippen LogP contribution is 2.29. The fourth-order valence-corrected chi connectivity index (χ4v) is 3.73. The first kappa shape index (κ1) is 22.7. The van der Waals surface area contributed by atoms with E-state index in [0.29, 0.717) is 36.1 Å². The Balaban J connectivity index is 1.59. The van der Waals surface area contributed by atoms with Gasteiger partial charge in [-0.2, -0.15) is 0 Å². The Kier molecular flexibility index (Phi) is 8.32. The van der Waals surface area contributed by atoms with Gasteiger partial charge in [0, 0.05) is 23.2 Å². The Morgan fingerprint density at radius 2 is 1.90 bits per heavy atom. The van der Waals surface area contributed by atoms with Crippen LogP contribution in [0.2, 0.25) is 0 Å². The predicted octanol–water partition coefficient (Wildman–Crippen LogP) is 4.80. The molecule has 0 aliphatic rings. The lowest BCUT2D eigenvalue weighted by Crippen LogP contribution is -2.32. The van der Waals surface area contributed by atoms with Gasteiger partial charge in [0.15, 0.2) is 11.5 Å². The van der Waals surface area contributed by atoms with Crippen molar-refractivity contribution in [1.29, 1.82) is 0 Å².